The van der Waals surface area contributed by atoms with Crippen molar-refractivity contribution in [2.45, 2.75) is 19.3 Å². The molecule has 2 aromatic rings. The van der Waals surface area contributed by atoms with Crippen molar-refractivity contribution in [2.75, 3.05) is 5.75 Å². The van der Waals surface area contributed by atoms with Gasteiger partial charge in [0.1, 0.15) is 13.2 Å². The molecule has 0 unspecified atom stereocenters. The van der Waals surface area contributed by atoms with Gasteiger partial charge in [0.15, 0.2) is 0 Å². The molecule has 2 aromatic carbocycles. The van der Waals surface area contributed by atoms with Crippen molar-refractivity contribution in [3.63, 3.8) is 0 Å². The third kappa shape index (κ3) is 7.83. The Morgan fingerprint density at radius 3 is 1.93 bits per heavy atom. The molecular formula is C19H18NO6S-. The summed E-state index contributed by atoms with van der Waals surface area (Å²) in [4.78, 5) is 34.6. The largest absolute Gasteiger partial charge is 0.548 e. The van der Waals surface area contributed by atoms with Crippen molar-refractivity contribution in [1.82, 2.24) is 5.32 Å². The van der Waals surface area contributed by atoms with Gasteiger partial charge in [-0.25, -0.2) is 9.59 Å². The zero-order chi connectivity index (χ0) is 19.5. The van der Waals surface area contributed by atoms with Gasteiger partial charge in [-0.3, -0.25) is 0 Å². The maximum Gasteiger partial charge on any atom is 0.408 e. The minimum absolute atomic E-state index is 0.00129. The van der Waals surface area contributed by atoms with Crippen LogP contribution in [0.15, 0.2) is 60.7 Å². The quantitative estimate of drug-likeness (QED) is 0.691. The molecule has 1 N–H and O–H groups in total. The van der Waals surface area contributed by atoms with E-state index >= 15 is 0 Å². The van der Waals surface area contributed by atoms with Gasteiger partial charge in [-0.1, -0.05) is 60.7 Å². The number of benzene rings is 2. The Bertz CT molecular complexity index is 753. The molecule has 0 aliphatic heterocycles. The van der Waals surface area contributed by atoms with E-state index in [1.165, 1.54) is 0 Å². The molecule has 27 heavy (non-hydrogen) atoms. The number of thioether (sulfide) groups is 1. The summed E-state index contributed by atoms with van der Waals surface area (Å²) in [7, 11) is 0. The minimum Gasteiger partial charge on any atom is -0.548 e. The lowest BCUT2D eigenvalue weighted by Gasteiger charge is -2.18. The van der Waals surface area contributed by atoms with Crippen LogP contribution >= 0.6 is 11.8 Å². The molecule has 0 aliphatic rings. The van der Waals surface area contributed by atoms with E-state index in [4.69, 9.17) is 9.47 Å². The number of hydrogen-bond acceptors (Lipinski definition) is 7. The first-order valence-electron chi connectivity index (χ1n) is 8.06. The lowest BCUT2D eigenvalue weighted by molar-refractivity contribution is -0.307. The molecule has 1 amide bonds. The van der Waals surface area contributed by atoms with Gasteiger partial charge in [0, 0.05) is 5.75 Å². The van der Waals surface area contributed by atoms with Gasteiger partial charge in [-0.15, -0.1) is 0 Å². The molecule has 0 radical (unpaired) electrons. The van der Waals surface area contributed by atoms with Gasteiger partial charge in [-0.2, -0.15) is 0 Å². The number of amides is 1. The Balaban J connectivity index is 1.73. The van der Waals surface area contributed by atoms with E-state index in [1.54, 1.807) is 36.4 Å². The number of carbonyl (C=O) groups excluding carboxylic acids is 3. The molecule has 8 heteroatoms. The summed E-state index contributed by atoms with van der Waals surface area (Å²) in [6.45, 7) is 0.0773. The number of alkyl carbamates (subject to hydrolysis) is 1. The first-order chi connectivity index (χ1) is 13.0. The van der Waals surface area contributed by atoms with Crippen LogP contribution in [0.1, 0.15) is 11.1 Å². The number of aliphatic carboxylic acids is 1. The van der Waals surface area contributed by atoms with E-state index in [0.717, 1.165) is 11.1 Å². The summed E-state index contributed by atoms with van der Waals surface area (Å²) in [5, 5.41) is 12.7. The van der Waals surface area contributed by atoms with Crippen molar-refractivity contribution in [2.24, 2.45) is 0 Å². The van der Waals surface area contributed by atoms with Crippen LogP contribution in [-0.2, 0) is 27.5 Å². The first-order valence-corrected chi connectivity index (χ1v) is 9.04. The fraction of sp³-hybridized carbons (Fsp3) is 0.211. The summed E-state index contributed by atoms with van der Waals surface area (Å²) < 4.78 is 9.99. The summed E-state index contributed by atoms with van der Waals surface area (Å²) in [5.74, 6) is -1.76. The van der Waals surface area contributed by atoms with Crippen molar-refractivity contribution in [3.05, 3.63) is 71.8 Å². The van der Waals surface area contributed by atoms with Gasteiger partial charge in [-0.05, 0) is 22.9 Å². The standard InChI is InChI=1S/C19H19NO6S/c21-17(22)16(20-18(23)25-11-14-7-3-1-4-8-14)13-27-19(24)26-12-15-9-5-2-6-10-15/h1-10,16H,11-13H2,(H,20,23)(H,21,22)/p-1/t16-/m1/s1. The highest BCUT2D eigenvalue weighted by Gasteiger charge is 2.17. The normalized spacial score (nSPS) is 11.3. The highest BCUT2D eigenvalue weighted by Crippen LogP contribution is 2.11. The third-order valence-electron chi connectivity index (χ3n) is 3.36. The van der Waals surface area contributed by atoms with Gasteiger partial charge < -0.3 is 24.7 Å². The molecule has 0 bridgehead atoms. The summed E-state index contributed by atoms with van der Waals surface area (Å²) in [6.07, 6.45) is -0.911. The fourth-order valence-corrected chi connectivity index (χ4v) is 2.65. The second-order valence-corrected chi connectivity index (χ2v) is 6.37. The van der Waals surface area contributed by atoms with Crippen LogP contribution in [0.5, 0.6) is 0 Å². The fourth-order valence-electron chi connectivity index (χ4n) is 1.99. The molecule has 0 spiro atoms. The highest BCUT2D eigenvalue weighted by molar-refractivity contribution is 8.13. The van der Waals surface area contributed by atoms with E-state index in [0.29, 0.717) is 11.8 Å². The number of hydrogen-bond donors (Lipinski definition) is 1. The molecule has 0 aliphatic carbocycles. The summed E-state index contributed by atoms with van der Waals surface area (Å²) in [5.41, 5.74) is 1.57. The predicted octanol–water partition coefficient (Wildman–Crippen LogP) is 2.10. The number of ether oxygens (including phenoxy) is 2. The Labute approximate surface area is 160 Å². The number of nitrogens with one attached hydrogen (secondary N) is 1. The van der Waals surface area contributed by atoms with Crippen molar-refractivity contribution >= 4 is 29.1 Å². The monoisotopic (exact) mass is 388 g/mol. The molecule has 142 valence electrons. The van der Waals surface area contributed by atoms with E-state index in [9.17, 15) is 19.5 Å². The van der Waals surface area contributed by atoms with E-state index in [-0.39, 0.29) is 19.0 Å². The smallest absolute Gasteiger partial charge is 0.408 e. The molecule has 0 fully saturated rings. The molecule has 0 saturated heterocycles. The van der Waals surface area contributed by atoms with Crippen LogP contribution in [0.3, 0.4) is 0 Å². The third-order valence-corrected chi connectivity index (χ3v) is 4.21. The minimum atomic E-state index is -1.52. The second-order valence-electron chi connectivity index (χ2n) is 5.41. The van der Waals surface area contributed by atoms with Gasteiger partial charge in [0.2, 0.25) is 0 Å². The zero-order valence-corrected chi connectivity index (χ0v) is 15.1. The summed E-state index contributed by atoms with van der Waals surface area (Å²) in [6, 6.07) is 16.6. The molecule has 2 rings (SSSR count). The van der Waals surface area contributed by atoms with Crippen LogP contribution in [-0.4, -0.2) is 29.2 Å². The van der Waals surface area contributed by atoms with Gasteiger partial charge in [0.25, 0.3) is 0 Å². The average molecular weight is 388 g/mol. The van der Waals surface area contributed by atoms with Crippen molar-refractivity contribution in [1.29, 1.82) is 0 Å². The SMILES string of the molecule is O=C(N[C@H](CSC(=O)OCc1ccccc1)C(=O)[O-])OCc1ccccc1. The van der Waals surface area contributed by atoms with Crippen LogP contribution in [0.2, 0.25) is 0 Å². The van der Waals surface area contributed by atoms with Crippen molar-refractivity contribution in [3.8, 4) is 0 Å². The molecule has 0 saturated carbocycles. The number of carboxylic acid groups (broad SMARTS) is 1. The van der Waals surface area contributed by atoms with Crippen molar-refractivity contribution < 1.29 is 29.0 Å². The molecular weight excluding hydrogens is 370 g/mol. The second kappa shape index (κ2) is 10.9. The maximum absolute atomic E-state index is 11.7. The number of carbonyl (C=O) groups is 3. The number of carboxylic acids is 1. The van der Waals surface area contributed by atoms with E-state index in [1.807, 2.05) is 24.3 Å². The molecule has 0 heterocycles. The van der Waals surface area contributed by atoms with Gasteiger partial charge >= 0.3 is 11.4 Å². The zero-order valence-electron chi connectivity index (χ0n) is 14.3. The topological polar surface area (TPSA) is 105 Å². The molecule has 1 atom stereocenters. The first kappa shape index (κ1) is 20.3. The van der Waals surface area contributed by atoms with Crippen LogP contribution in [0.25, 0.3) is 0 Å². The van der Waals surface area contributed by atoms with E-state index in [2.05, 4.69) is 5.32 Å². The highest BCUT2D eigenvalue weighted by atomic mass is 32.2. The number of rotatable bonds is 8. The maximum atomic E-state index is 11.7. The average Bonchev–Trinajstić information content (AvgIpc) is 2.69. The Kier molecular flexibility index (Phi) is 8.18. The lowest BCUT2D eigenvalue weighted by atomic mass is 10.2. The van der Waals surface area contributed by atoms with Crippen LogP contribution in [0.4, 0.5) is 9.59 Å². The van der Waals surface area contributed by atoms with E-state index < -0.39 is 23.4 Å². The van der Waals surface area contributed by atoms with Crippen LogP contribution in [0, 0.1) is 0 Å². The lowest BCUT2D eigenvalue weighted by Crippen LogP contribution is -2.49. The Morgan fingerprint density at radius 1 is 0.889 bits per heavy atom. The Morgan fingerprint density at radius 2 is 1.41 bits per heavy atom. The predicted molar refractivity (Wildman–Crippen MR) is 97.6 cm³/mol. The summed E-state index contributed by atoms with van der Waals surface area (Å²) >= 11 is 0.636. The Hall–Kier alpha value is -3.00. The van der Waals surface area contributed by atoms with Crippen LogP contribution < -0.4 is 10.4 Å². The van der Waals surface area contributed by atoms with Gasteiger partial charge in [0.05, 0.1) is 12.0 Å². The molecule has 0 aromatic heterocycles. The molecule has 7 nitrogen and oxygen atoms in total.